The molecule has 0 aliphatic carbocycles. The van der Waals surface area contributed by atoms with Crippen LogP contribution in [0.15, 0.2) is 23.1 Å². The average Bonchev–Trinajstić information content (AvgIpc) is 2.54. The molecule has 0 saturated carbocycles. The molecule has 0 aromatic heterocycles. The summed E-state index contributed by atoms with van der Waals surface area (Å²) in [7, 11) is -3.78. The van der Waals surface area contributed by atoms with Gasteiger partial charge in [-0.05, 0) is 24.5 Å². The second kappa shape index (κ2) is 9.12. The largest absolute Gasteiger partial charge is 0.394 e. The van der Waals surface area contributed by atoms with Crippen molar-refractivity contribution in [1.82, 2.24) is 4.31 Å². The molecule has 0 heterocycles. The molecule has 0 saturated heterocycles. The van der Waals surface area contributed by atoms with E-state index in [1.807, 2.05) is 13.8 Å². The highest BCUT2D eigenvalue weighted by Gasteiger charge is 2.26. The zero-order valence-electron chi connectivity index (χ0n) is 15.1. The number of sulfonamides is 1. The summed E-state index contributed by atoms with van der Waals surface area (Å²) in [4.78, 5) is 10.7. The maximum Gasteiger partial charge on any atom is 0.293 e. The van der Waals surface area contributed by atoms with Gasteiger partial charge in [-0.25, -0.2) is 8.42 Å². The molecule has 1 atom stereocenters. The zero-order chi connectivity index (χ0) is 19.2. The Morgan fingerprint density at radius 3 is 2.32 bits per heavy atom. The van der Waals surface area contributed by atoms with E-state index < -0.39 is 14.9 Å². The molecule has 2 N–H and O–H groups in total. The number of aliphatic hydroxyl groups excluding tert-OH is 1. The van der Waals surface area contributed by atoms with Gasteiger partial charge in [-0.3, -0.25) is 10.1 Å². The van der Waals surface area contributed by atoms with Crippen LogP contribution in [0.5, 0.6) is 0 Å². The Bertz CT molecular complexity index is 687. The molecule has 0 radical (unpaired) electrons. The van der Waals surface area contributed by atoms with Gasteiger partial charge in [0.1, 0.15) is 5.69 Å². The number of nitrogens with zero attached hydrogens (tertiary/aromatic N) is 2. The van der Waals surface area contributed by atoms with Crippen molar-refractivity contribution >= 4 is 21.4 Å². The van der Waals surface area contributed by atoms with Crippen LogP contribution >= 0.6 is 0 Å². The van der Waals surface area contributed by atoms with E-state index in [0.717, 1.165) is 6.07 Å². The highest BCUT2D eigenvalue weighted by atomic mass is 32.2. The summed E-state index contributed by atoms with van der Waals surface area (Å²) in [5.41, 5.74) is -0.126. The molecule has 8 nitrogen and oxygen atoms in total. The number of aliphatic hydroxyl groups is 1. The summed E-state index contributed by atoms with van der Waals surface area (Å²) in [6.45, 7) is 7.79. The Balaban J connectivity index is 3.26. The number of hydrogen-bond donors (Lipinski definition) is 2. The smallest absolute Gasteiger partial charge is 0.293 e. The summed E-state index contributed by atoms with van der Waals surface area (Å²) in [6.07, 6.45) is 0.632. The SMILES string of the molecule is CCN(CC)S(=O)(=O)c1ccc(NC(CO)CC(C)C)c([N+](=O)[O-])c1. The number of anilines is 1. The van der Waals surface area contributed by atoms with Gasteiger partial charge >= 0.3 is 0 Å². The molecule has 0 aliphatic heterocycles. The third kappa shape index (κ3) is 5.38. The molecular weight excluding hydrogens is 346 g/mol. The summed E-state index contributed by atoms with van der Waals surface area (Å²) in [5.74, 6) is 0.297. The quantitative estimate of drug-likeness (QED) is 0.481. The molecule has 0 amide bonds. The summed E-state index contributed by atoms with van der Waals surface area (Å²) < 4.78 is 26.3. The maximum absolute atomic E-state index is 12.5. The van der Waals surface area contributed by atoms with Crippen LogP contribution in [-0.4, -0.2) is 48.5 Å². The number of hydrogen-bond acceptors (Lipinski definition) is 6. The van der Waals surface area contributed by atoms with E-state index >= 15 is 0 Å². The number of nitro groups is 1. The van der Waals surface area contributed by atoms with Crippen molar-refractivity contribution in [3.05, 3.63) is 28.3 Å². The molecule has 9 heteroatoms. The van der Waals surface area contributed by atoms with Crippen LogP contribution < -0.4 is 5.32 Å². The fourth-order valence-electron chi connectivity index (χ4n) is 2.63. The molecular formula is C16H27N3O5S. The standard InChI is InChI=1S/C16H27N3O5S/c1-5-18(6-2)25(23,24)14-7-8-15(16(10-14)19(21)22)17-13(11-20)9-12(3)4/h7-8,10,12-13,17,20H,5-6,9,11H2,1-4H3. The normalized spacial score (nSPS) is 13.2. The van der Waals surface area contributed by atoms with E-state index in [-0.39, 0.29) is 42.0 Å². The molecule has 1 aromatic carbocycles. The second-order valence-electron chi connectivity index (χ2n) is 6.18. The van der Waals surface area contributed by atoms with Gasteiger partial charge in [-0.1, -0.05) is 27.7 Å². The van der Waals surface area contributed by atoms with Crippen LogP contribution in [0.4, 0.5) is 11.4 Å². The van der Waals surface area contributed by atoms with Gasteiger partial charge in [0.25, 0.3) is 5.69 Å². The first-order chi connectivity index (χ1) is 11.7. The number of rotatable bonds is 10. The molecule has 0 bridgehead atoms. The highest BCUT2D eigenvalue weighted by Crippen LogP contribution is 2.30. The summed E-state index contributed by atoms with van der Waals surface area (Å²) in [5, 5.41) is 23.8. The lowest BCUT2D eigenvalue weighted by Crippen LogP contribution is -2.30. The van der Waals surface area contributed by atoms with Crippen molar-refractivity contribution in [2.75, 3.05) is 25.0 Å². The predicted molar refractivity (Wildman–Crippen MR) is 97.2 cm³/mol. The summed E-state index contributed by atoms with van der Waals surface area (Å²) >= 11 is 0. The van der Waals surface area contributed by atoms with Crippen molar-refractivity contribution in [2.45, 2.75) is 45.1 Å². The van der Waals surface area contributed by atoms with E-state index in [1.54, 1.807) is 13.8 Å². The van der Waals surface area contributed by atoms with Gasteiger partial charge in [-0.15, -0.1) is 0 Å². The van der Waals surface area contributed by atoms with Crippen molar-refractivity contribution in [2.24, 2.45) is 5.92 Å². The lowest BCUT2D eigenvalue weighted by molar-refractivity contribution is -0.384. The van der Waals surface area contributed by atoms with E-state index in [1.165, 1.54) is 16.4 Å². The lowest BCUT2D eigenvalue weighted by atomic mass is 10.0. The molecule has 0 fully saturated rings. The monoisotopic (exact) mass is 373 g/mol. The van der Waals surface area contributed by atoms with E-state index in [2.05, 4.69) is 5.32 Å². The van der Waals surface area contributed by atoms with Crippen LogP contribution in [0.3, 0.4) is 0 Å². The minimum atomic E-state index is -3.78. The first kappa shape index (κ1) is 21.3. The topological polar surface area (TPSA) is 113 Å². The fraction of sp³-hybridized carbons (Fsp3) is 0.625. The van der Waals surface area contributed by atoms with E-state index in [4.69, 9.17) is 0 Å². The predicted octanol–water partition coefficient (Wildman–Crippen LogP) is 2.44. The van der Waals surface area contributed by atoms with Gasteiger partial charge < -0.3 is 10.4 Å². The van der Waals surface area contributed by atoms with Gasteiger partial charge in [0.15, 0.2) is 0 Å². The minimum Gasteiger partial charge on any atom is -0.394 e. The average molecular weight is 373 g/mol. The number of benzene rings is 1. The Morgan fingerprint density at radius 2 is 1.88 bits per heavy atom. The van der Waals surface area contributed by atoms with Crippen molar-refractivity contribution in [3.63, 3.8) is 0 Å². The zero-order valence-corrected chi connectivity index (χ0v) is 15.9. The Morgan fingerprint density at radius 1 is 1.28 bits per heavy atom. The van der Waals surface area contributed by atoms with Crippen LogP contribution in [0.2, 0.25) is 0 Å². The number of nitrogens with one attached hydrogen (secondary N) is 1. The molecule has 142 valence electrons. The molecule has 25 heavy (non-hydrogen) atoms. The lowest BCUT2D eigenvalue weighted by Gasteiger charge is -2.21. The Labute approximate surface area is 149 Å². The summed E-state index contributed by atoms with van der Waals surface area (Å²) in [6, 6.07) is 3.47. The van der Waals surface area contributed by atoms with Crippen molar-refractivity contribution in [1.29, 1.82) is 0 Å². The van der Waals surface area contributed by atoms with E-state index in [0.29, 0.717) is 12.3 Å². The third-order valence-corrected chi connectivity index (χ3v) is 5.89. The van der Waals surface area contributed by atoms with Crippen molar-refractivity contribution < 1.29 is 18.4 Å². The Kier molecular flexibility index (Phi) is 7.78. The molecule has 0 aliphatic rings. The van der Waals surface area contributed by atoms with Gasteiger partial charge in [-0.2, -0.15) is 4.31 Å². The van der Waals surface area contributed by atoms with E-state index in [9.17, 15) is 23.6 Å². The molecule has 0 spiro atoms. The molecule has 1 rings (SSSR count). The third-order valence-electron chi connectivity index (χ3n) is 3.85. The molecule has 1 aromatic rings. The Hall–Kier alpha value is -1.71. The van der Waals surface area contributed by atoms with Crippen LogP contribution in [0.25, 0.3) is 0 Å². The highest BCUT2D eigenvalue weighted by molar-refractivity contribution is 7.89. The number of nitro benzene ring substituents is 1. The van der Waals surface area contributed by atoms with Gasteiger partial charge in [0.2, 0.25) is 10.0 Å². The van der Waals surface area contributed by atoms with Gasteiger partial charge in [0.05, 0.1) is 16.4 Å². The molecule has 1 unspecified atom stereocenters. The van der Waals surface area contributed by atoms with Crippen molar-refractivity contribution in [3.8, 4) is 0 Å². The van der Waals surface area contributed by atoms with Crippen LogP contribution in [0.1, 0.15) is 34.1 Å². The first-order valence-electron chi connectivity index (χ1n) is 8.33. The van der Waals surface area contributed by atoms with Crippen LogP contribution in [-0.2, 0) is 10.0 Å². The fourth-order valence-corrected chi connectivity index (χ4v) is 4.10. The first-order valence-corrected chi connectivity index (χ1v) is 9.77. The van der Waals surface area contributed by atoms with Crippen LogP contribution in [0, 0.1) is 16.0 Å². The maximum atomic E-state index is 12.5. The minimum absolute atomic E-state index is 0.113. The second-order valence-corrected chi connectivity index (χ2v) is 8.12. The van der Waals surface area contributed by atoms with Gasteiger partial charge in [0, 0.05) is 25.2 Å².